The smallest absolute Gasteiger partial charge is 0.0688 e. The molecular weight excluding hydrogens is 290 g/mol. The Balaban J connectivity index is 1.87. The lowest BCUT2D eigenvalue weighted by Crippen LogP contribution is -1.86. The fourth-order valence-corrected chi connectivity index (χ4v) is 3.25. The predicted molar refractivity (Wildman–Crippen MR) is 105 cm³/mol. The maximum atomic E-state index is 4.78. The Hall–Kier alpha value is -2.93. The molecule has 0 fully saturated rings. The number of hydrogen-bond donors (Lipinski definition) is 0. The van der Waals surface area contributed by atoms with Crippen LogP contribution in [-0.4, -0.2) is 6.21 Å². The zero-order chi connectivity index (χ0) is 16.5. The highest BCUT2D eigenvalue weighted by Gasteiger charge is 2.03. The number of hydrogen-bond acceptors (Lipinski definition) is 1. The van der Waals surface area contributed by atoms with Crippen molar-refractivity contribution in [3.05, 3.63) is 89.5 Å². The molecule has 0 amide bonds. The number of aryl methyl sites for hydroxylation is 2. The summed E-state index contributed by atoms with van der Waals surface area (Å²) >= 11 is 0. The standard InChI is InChI=1S/C23H19N/c1-16-7-5-8-17(2)23(16)24-15-21-12-6-11-20-13-18-9-3-4-10-19(18)14-22(20)21/h3-15H,1-2H3. The molecule has 0 saturated carbocycles. The highest BCUT2D eigenvalue weighted by molar-refractivity contribution is 6.06. The second-order valence-electron chi connectivity index (χ2n) is 6.27. The van der Waals surface area contributed by atoms with E-state index in [9.17, 15) is 0 Å². The Kier molecular flexibility index (Phi) is 3.62. The average molecular weight is 309 g/mol. The Morgan fingerprint density at radius 1 is 0.667 bits per heavy atom. The maximum absolute atomic E-state index is 4.78. The summed E-state index contributed by atoms with van der Waals surface area (Å²) in [5, 5.41) is 5.03. The second-order valence-corrected chi connectivity index (χ2v) is 6.27. The third-order valence-electron chi connectivity index (χ3n) is 4.55. The van der Waals surface area contributed by atoms with Gasteiger partial charge in [-0.05, 0) is 58.7 Å². The summed E-state index contributed by atoms with van der Waals surface area (Å²) in [5.74, 6) is 0. The lowest BCUT2D eigenvalue weighted by molar-refractivity contribution is 1.33. The molecule has 1 heteroatoms. The van der Waals surface area contributed by atoms with Gasteiger partial charge in [-0.15, -0.1) is 0 Å². The van der Waals surface area contributed by atoms with Crippen molar-refractivity contribution >= 4 is 33.4 Å². The van der Waals surface area contributed by atoms with Crippen molar-refractivity contribution < 1.29 is 0 Å². The summed E-state index contributed by atoms with van der Waals surface area (Å²) in [5.41, 5.74) is 4.63. The van der Waals surface area contributed by atoms with Crippen LogP contribution in [0.4, 0.5) is 5.69 Å². The van der Waals surface area contributed by atoms with Gasteiger partial charge in [0.15, 0.2) is 0 Å². The maximum Gasteiger partial charge on any atom is 0.0688 e. The molecule has 1 nitrogen and oxygen atoms in total. The molecule has 0 aliphatic heterocycles. The van der Waals surface area contributed by atoms with Crippen molar-refractivity contribution in [1.29, 1.82) is 0 Å². The van der Waals surface area contributed by atoms with Crippen molar-refractivity contribution in [2.24, 2.45) is 4.99 Å². The summed E-state index contributed by atoms with van der Waals surface area (Å²) < 4.78 is 0. The molecule has 0 aliphatic rings. The predicted octanol–water partition coefficient (Wildman–Crippen LogP) is 6.36. The van der Waals surface area contributed by atoms with Gasteiger partial charge < -0.3 is 0 Å². The molecule has 0 spiro atoms. The largest absolute Gasteiger partial charge is 0.256 e. The molecule has 24 heavy (non-hydrogen) atoms. The van der Waals surface area contributed by atoms with Gasteiger partial charge in [0.25, 0.3) is 0 Å². The third kappa shape index (κ3) is 2.59. The summed E-state index contributed by atoms with van der Waals surface area (Å²) in [6, 6.07) is 25.7. The Bertz CT molecular complexity index is 1050. The van der Waals surface area contributed by atoms with Crippen molar-refractivity contribution in [3.8, 4) is 0 Å². The van der Waals surface area contributed by atoms with Gasteiger partial charge in [0, 0.05) is 11.8 Å². The van der Waals surface area contributed by atoms with Crippen LogP contribution in [0.3, 0.4) is 0 Å². The molecule has 4 rings (SSSR count). The molecule has 4 aromatic rings. The zero-order valence-corrected chi connectivity index (χ0v) is 14.0. The lowest BCUT2D eigenvalue weighted by atomic mass is 10.00. The molecule has 0 aliphatic carbocycles. The fourth-order valence-electron chi connectivity index (χ4n) is 3.25. The highest BCUT2D eigenvalue weighted by Crippen LogP contribution is 2.26. The van der Waals surface area contributed by atoms with Gasteiger partial charge in [0.05, 0.1) is 5.69 Å². The van der Waals surface area contributed by atoms with E-state index in [-0.39, 0.29) is 0 Å². The zero-order valence-electron chi connectivity index (χ0n) is 14.0. The number of fused-ring (bicyclic) bond motifs is 2. The van der Waals surface area contributed by atoms with E-state index in [4.69, 9.17) is 4.99 Å². The third-order valence-corrected chi connectivity index (χ3v) is 4.55. The van der Waals surface area contributed by atoms with E-state index in [0.717, 1.165) is 11.3 Å². The summed E-state index contributed by atoms with van der Waals surface area (Å²) in [4.78, 5) is 4.78. The summed E-state index contributed by atoms with van der Waals surface area (Å²) in [6.45, 7) is 4.21. The summed E-state index contributed by atoms with van der Waals surface area (Å²) in [6.07, 6.45) is 1.99. The van der Waals surface area contributed by atoms with Crippen molar-refractivity contribution in [2.45, 2.75) is 13.8 Å². The Morgan fingerprint density at radius 2 is 1.29 bits per heavy atom. The molecule has 4 aromatic carbocycles. The molecule has 0 aromatic heterocycles. The first kappa shape index (κ1) is 14.6. The molecule has 0 radical (unpaired) electrons. The fraction of sp³-hybridized carbons (Fsp3) is 0.0870. The molecular formula is C23H19N. The van der Waals surface area contributed by atoms with Crippen LogP contribution in [0.1, 0.15) is 16.7 Å². The van der Waals surface area contributed by atoms with Crippen LogP contribution in [-0.2, 0) is 0 Å². The van der Waals surface area contributed by atoms with Crippen LogP contribution in [0, 0.1) is 13.8 Å². The van der Waals surface area contributed by atoms with E-state index in [1.54, 1.807) is 0 Å². The number of para-hydroxylation sites is 1. The first-order valence-electron chi connectivity index (χ1n) is 8.24. The first-order valence-corrected chi connectivity index (χ1v) is 8.24. The van der Waals surface area contributed by atoms with E-state index in [0.29, 0.717) is 0 Å². The Labute approximate surface area is 142 Å². The van der Waals surface area contributed by atoms with Crippen LogP contribution in [0.2, 0.25) is 0 Å². The van der Waals surface area contributed by atoms with E-state index >= 15 is 0 Å². The van der Waals surface area contributed by atoms with E-state index < -0.39 is 0 Å². The molecule has 0 atom stereocenters. The molecule has 0 unspecified atom stereocenters. The van der Waals surface area contributed by atoms with Crippen molar-refractivity contribution in [1.82, 2.24) is 0 Å². The van der Waals surface area contributed by atoms with Gasteiger partial charge in [-0.1, -0.05) is 60.7 Å². The summed E-state index contributed by atoms with van der Waals surface area (Å²) in [7, 11) is 0. The van der Waals surface area contributed by atoms with Crippen LogP contribution in [0.15, 0.2) is 77.8 Å². The number of nitrogens with zero attached hydrogens (tertiary/aromatic N) is 1. The number of benzene rings is 4. The van der Waals surface area contributed by atoms with Gasteiger partial charge in [0.2, 0.25) is 0 Å². The molecule has 0 bridgehead atoms. The van der Waals surface area contributed by atoms with Gasteiger partial charge in [0.1, 0.15) is 0 Å². The molecule has 116 valence electrons. The Morgan fingerprint density at radius 3 is 2.04 bits per heavy atom. The van der Waals surface area contributed by atoms with E-state index in [2.05, 4.69) is 86.6 Å². The van der Waals surface area contributed by atoms with E-state index in [1.165, 1.54) is 32.7 Å². The van der Waals surface area contributed by atoms with Crippen LogP contribution >= 0.6 is 0 Å². The van der Waals surface area contributed by atoms with Crippen molar-refractivity contribution in [3.63, 3.8) is 0 Å². The quantitative estimate of drug-likeness (QED) is 0.302. The van der Waals surface area contributed by atoms with Gasteiger partial charge in [-0.2, -0.15) is 0 Å². The minimum absolute atomic E-state index is 1.07. The van der Waals surface area contributed by atoms with Crippen LogP contribution < -0.4 is 0 Å². The lowest BCUT2D eigenvalue weighted by Gasteiger charge is -2.07. The number of rotatable bonds is 2. The van der Waals surface area contributed by atoms with Gasteiger partial charge >= 0.3 is 0 Å². The van der Waals surface area contributed by atoms with Crippen molar-refractivity contribution in [2.75, 3.05) is 0 Å². The molecule has 0 heterocycles. The van der Waals surface area contributed by atoms with Crippen LogP contribution in [0.5, 0.6) is 0 Å². The highest BCUT2D eigenvalue weighted by atomic mass is 14.7. The topological polar surface area (TPSA) is 12.4 Å². The monoisotopic (exact) mass is 309 g/mol. The SMILES string of the molecule is Cc1cccc(C)c1N=Cc1cccc2cc3ccccc3cc12. The first-order chi connectivity index (χ1) is 11.7. The minimum Gasteiger partial charge on any atom is -0.256 e. The average Bonchev–Trinajstić information content (AvgIpc) is 2.59. The van der Waals surface area contributed by atoms with Gasteiger partial charge in [-0.3, -0.25) is 4.99 Å². The minimum atomic E-state index is 1.07. The normalized spacial score (nSPS) is 11.6. The van der Waals surface area contributed by atoms with Gasteiger partial charge in [-0.25, -0.2) is 0 Å². The van der Waals surface area contributed by atoms with E-state index in [1.807, 2.05) is 6.21 Å². The number of aliphatic imine (C=N–C) groups is 1. The molecule has 0 N–H and O–H groups in total. The van der Waals surface area contributed by atoms with Crippen LogP contribution in [0.25, 0.3) is 21.5 Å². The molecule has 0 saturated heterocycles. The second kappa shape index (κ2) is 5.93.